The van der Waals surface area contributed by atoms with Gasteiger partial charge in [-0.2, -0.15) is 0 Å². The summed E-state index contributed by atoms with van der Waals surface area (Å²) in [6.07, 6.45) is 12.6. The molecule has 0 N–H and O–H groups in total. The summed E-state index contributed by atoms with van der Waals surface area (Å²) in [4.78, 5) is 11.6. The zero-order chi connectivity index (χ0) is 17.5. The van der Waals surface area contributed by atoms with Crippen molar-refractivity contribution in [1.29, 1.82) is 0 Å². The predicted octanol–water partition coefficient (Wildman–Crippen LogP) is 6.69. The molecular formula is C21H34O3. The summed E-state index contributed by atoms with van der Waals surface area (Å²) < 4.78 is 10.3. The first-order chi connectivity index (χ1) is 11.8. The molecule has 0 heterocycles. The molecule has 1 rings (SSSR count). The number of unbranched alkanes of at least 4 members (excludes halogenated alkanes) is 8. The summed E-state index contributed by atoms with van der Waals surface area (Å²) in [5.41, 5.74) is 1.29. The molecule has 0 bridgehead atoms. The van der Waals surface area contributed by atoms with Crippen LogP contribution in [0.25, 0.3) is 0 Å². The van der Waals surface area contributed by atoms with E-state index in [0.29, 0.717) is 12.4 Å². The Hall–Kier alpha value is -1.51. The summed E-state index contributed by atoms with van der Waals surface area (Å²) in [6.45, 7) is 4.86. The van der Waals surface area contributed by atoms with Crippen LogP contribution in [0.1, 0.15) is 83.6 Å². The van der Waals surface area contributed by atoms with Gasteiger partial charge in [-0.3, -0.25) is 0 Å². The maximum atomic E-state index is 11.6. The zero-order valence-corrected chi connectivity index (χ0v) is 15.5. The largest absolute Gasteiger partial charge is 0.513 e. The minimum atomic E-state index is -0.599. The first-order valence-corrected chi connectivity index (χ1v) is 9.69. The van der Waals surface area contributed by atoms with Gasteiger partial charge >= 0.3 is 6.16 Å². The molecule has 0 saturated heterocycles. The van der Waals surface area contributed by atoms with Crippen molar-refractivity contribution in [1.82, 2.24) is 0 Å². The van der Waals surface area contributed by atoms with Gasteiger partial charge in [0.2, 0.25) is 0 Å². The van der Waals surface area contributed by atoms with Crippen molar-refractivity contribution in [3.05, 3.63) is 29.8 Å². The third-order valence-electron chi connectivity index (χ3n) is 4.16. The van der Waals surface area contributed by atoms with Crippen LogP contribution in [0.15, 0.2) is 24.3 Å². The first kappa shape index (κ1) is 20.5. The van der Waals surface area contributed by atoms with Gasteiger partial charge in [0.25, 0.3) is 0 Å². The van der Waals surface area contributed by atoms with Gasteiger partial charge in [0.05, 0.1) is 6.61 Å². The molecule has 0 fully saturated rings. The Kier molecular flexibility index (Phi) is 11.9. The second kappa shape index (κ2) is 13.9. The smallest absolute Gasteiger partial charge is 0.434 e. The van der Waals surface area contributed by atoms with Gasteiger partial charge in [-0.15, -0.1) is 0 Å². The molecule has 0 aliphatic heterocycles. The average molecular weight is 335 g/mol. The normalized spacial score (nSPS) is 10.6. The van der Waals surface area contributed by atoms with E-state index < -0.39 is 6.16 Å². The highest BCUT2D eigenvalue weighted by Crippen LogP contribution is 2.15. The maximum Gasteiger partial charge on any atom is 0.513 e. The van der Waals surface area contributed by atoms with E-state index >= 15 is 0 Å². The molecular weight excluding hydrogens is 300 g/mol. The van der Waals surface area contributed by atoms with Crippen LogP contribution >= 0.6 is 0 Å². The predicted molar refractivity (Wildman–Crippen MR) is 99.6 cm³/mol. The van der Waals surface area contributed by atoms with E-state index in [2.05, 4.69) is 13.8 Å². The highest BCUT2D eigenvalue weighted by Gasteiger charge is 2.05. The first-order valence-electron chi connectivity index (χ1n) is 9.69. The van der Waals surface area contributed by atoms with Gasteiger partial charge in [0, 0.05) is 0 Å². The summed E-state index contributed by atoms with van der Waals surface area (Å²) in [5.74, 6) is 0.556. The van der Waals surface area contributed by atoms with Crippen LogP contribution in [0.5, 0.6) is 5.75 Å². The Balaban J connectivity index is 2.15. The Morgan fingerprint density at radius 1 is 0.792 bits per heavy atom. The van der Waals surface area contributed by atoms with Crippen molar-refractivity contribution in [3.8, 4) is 5.75 Å². The van der Waals surface area contributed by atoms with E-state index in [1.807, 2.05) is 24.3 Å². The number of carbonyl (C=O) groups is 1. The van der Waals surface area contributed by atoms with Crippen molar-refractivity contribution < 1.29 is 14.3 Å². The van der Waals surface area contributed by atoms with E-state index in [0.717, 1.165) is 19.3 Å². The number of carbonyl (C=O) groups excluding carboxylic acids is 1. The molecule has 3 heteroatoms. The minimum Gasteiger partial charge on any atom is -0.434 e. The Labute approximate surface area is 147 Å². The van der Waals surface area contributed by atoms with Gasteiger partial charge in [0.15, 0.2) is 0 Å². The van der Waals surface area contributed by atoms with Crippen LogP contribution in [-0.4, -0.2) is 12.8 Å². The lowest BCUT2D eigenvalue weighted by Gasteiger charge is -2.07. The third kappa shape index (κ3) is 10.3. The van der Waals surface area contributed by atoms with Gasteiger partial charge < -0.3 is 9.47 Å². The highest BCUT2D eigenvalue weighted by molar-refractivity contribution is 5.63. The molecule has 136 valence electrons. The molecule has 0 atom stereocenters. The number of benzene rings is 1. The van der Waals surface area contributed by atoms with E-state index in [1.165, 1.54) is 56.9 Å². The van der Waals surface area contributed by atoms with Crippen LogP contribution in [0.2, 0.25) is 0 Å². The molecule has 0 aliphatic rings. The number of rotatable bonds is 13. The van der Waals surface area contributed by atoms with Gasteiger partial charge in [-0.25, -0.2) is 4.79 Å². The summed E-state index contributed by atoms with van der Waals surface area (Å²) >= 11 is 0. The molecule has 1 aromatic carbocycles. The zero-order valence-electron chi connectivity index (χ0n) is 15.5. The Morgan fingerprint density at radius 3 is 2.00 bits per heavy atom. The molecule has 0 unspecified atom stereocenters. The number of ether oxygens (including phenoxy) is 2. The van der Waals surface area contributed by atoms with E-state index in [9.17, 15) is 4.79 Å². The van der Waals surface area contributed by atoms with E-state index in [1.54, 1.807) is 0 Å². The molecule has 0 aliphatic carbocycles. The fourth-order valence-electron chi connectivity index (χ4n) is 2.64. The van der Waals surface area contributed by atoms with Gasteiger partial charge in [-0.05, 0) is 37.0 Å². The lowest BCUT2D eigenvalue weighted by atomic mass is 10.1. The van der Waals surface area contributed by atoms with Gasteiger partial charge in [-0.1, -0.05) is 77.3 Å². The number of hydrogen-bond acceptors (Lipinski definition) is 3. The maximum absolute atomic E-state index is 11.6. The van der Waals surface area contributed by atoms with Crippen molar-refractivity contribution >= 4 is 6.16 Å². The van der Waals surface area contributed by atoms with Crippen molar-refractivity contribution in [3.63, 3.8) is 0 Å². The molecule has 0 spiro atoms. The van der Waals surface area contributed by atoms with Crippen LogP contribution in [0.3, 0.4) is 0 Å². The topological polar surface area (TPSA) is 35.5 Å². The summed E-state index contributed by atoms with van der Waals surface area (Å²) in [7, 11) is 0. The Bertz CT molecular complexity index is 425. The van der Waals surface area contributed by atoms with Crippen molar-refractivity contribution in [2.75, 3.05) is 6.61 Å². The van der Waals surface area contributed by atoms with Gasteiger partial charge in [0.1, 0.15) is 5.75 Å². The minimum absolute atomic E-state index is 0.443. The second-order valence-electron chi connectivity index (χ2n) is 6.42. The van der Waals surface area contributed by atoms with E-state index in [-0.39, 0.29) is 0 Å². The SMILES string of the molecule is CCCCCCCOC(=O)Oc1ccc(CCCCCCC)cc1. The lowest BCUT2D eigenvalue weighted by Crippen LogP contribution is -2.11. The average Bonchev–Trinajstić information content (AvgIpc) is 2.59. The number of hydrogen-bond donors (Lipinski definition) is 0. The molecule has 24 heavy (non-hydrogen) atoms. The van der Waals surface area contributed by atoms with E-state index in [4.69, 9.17) is 9.47 Å². The fourth-order valence-corrected chi connectivity index (χ4v) is 2.64. The lowest BCUT2D eigenvalue weighted by molar-refractivity contribution is 0.0973. The standard InChI is InChI=1S/C21H34O3/c1-3-5-7-9-11-13-19-14-16-20(17-15-19)24-21(22)23-18-12-10-8-6-4-2/h14-17H,3-13,18H2,1-2H3. The molecule has 1 aromatic rings. The Morgan fingerprint density at radius 2 is 1.38 bits per heavy atom. The molecule has 0 saturated carbocycles. The summed E-state index contributed by atoms with van der Waals surface area (Å²) in [5, 5.41) is 0. The quantitative estimate of drug-likeness (QED) is 0.229. The van der Waals surface area contributed by atoms with Crippen LogP contribution in [0, 0.1) is 0 Å². The third-order valence-corrected chi connectivity index (χ3v) is 4.16. The molecule has 0 aromatic heterocycles. The van der Waals surface area contributed by atoms with Crippen molar-refractivity contribution in [2.45, 2.75) is 84.5 Å². The van der Waals surface area contributed by atoms with Crippen LogP contribution in [-0.2, 0) is 11.2 Å². The summed E-state index contributed by atoms with van der Waals surface area (Å²) in [6, 6.07) is 7.77. The molecule has 0 amide bonds. The molecule has 0 radical (unpaired) electrons. The van der Waals surface area contributed by atoms with Crippen molar-refractivity contribution in [2.24, 2.45) is 0 Å². The fraction of sp³-hybridized carbons (Fsp3) is 0.667. The monoisotopic (exact) mass is 334 g/mol. The molecule has 3 nitrogen and oxygen atoms in total. The number of aryl methyl sites for hydroxylation is 1. The van der Waals surface area contributed by atoms with Crippen LogP contribution < -0.4 is 4.74 Å². The highest BCUT2D eigenvalue weighted by atomic mass is 16.7. The van der Waals surface area contributed by atoms with Crippen LogP contribution in [0.4, 0.5) is 4.79 Å². The second-order valence-corrected chi connectivity index (χ2v) is 6.42.